The molecule has 0 aliphatic carbocycles. The van der Waals surface area contributed by atoms with E-state index in [0.29, 0.717) is 0 Å². The van der Waals surface area contributed by atoms with Gasteiger partial charge in [-0.25, -0.2) is 0 Å². The molecule has 0 saturated heterocycles. The fourth-order valence-electron chi connectivity index (χ4n) is 2.63. The molecule has 1 N–H and O–H groups in total. The van der Waals surface area contributed by atoms with Crippen LogP contribution in [0.5, 0.6) is 0 Å². The summed E-state index contributed by atoms with van der Waals surface area (Å²) in [5.74, 6) is 0. The Morgan fingerprint density at radius 3 is 2.95 bits per heavy atom. The largest absolute Gasteiger partial charge is 0.309 e. The van der Waals surface area contributed by atoms with Gasteiger partial charge >= 0.3 is 0 Å². The minimum atomic E-state index is 0.994. The van der Waals surface area contributed by atoms with Crippen LogP contribution >= 0.6 is 0 Å². The fourth-order valence-corrected chi connectivity index (χ4v) is 2.63. The van der Waals surface area contributed by atoms with E-state index in [-0.39, 0.29) is 0 Å². The molecule has 0 bridgehead atoms. The number of rotatable bonds is 5. The summed E-state index contributed by atoms with van der Waals surface area (Å²) < 4.78 is 2.07. The van der Waals surface area contributed by atoms with E-state index in [2.05, 4.69) is 46.4 Å². The Balaban J connectivity index is 1.75. The average molecular weight is 255 g/mol. The SMILES string of the molecule is CCCCCn1cc(-c2ccc3c(c2)CNC3)cn1. The minimum absolute atomic E-state index is 0.994. The topological polar surface area (TPSA) is 29.9 Å². The van der Waals surface area contributed by atoms with Crippen LogP contribution in [0.3, 0.4) is 0 Å². The molecule has 0 atom stereocenters. The molecule has 1 aromatic carbocycles. The number of benzene rings is 1. The van der Waals surface area contributed by atoms with Crippen LogP contribution in [-0.4, -0.2) is 9.78 Å². The van der Waals surface area contributed by atoms with Crippen molar-refractivity contribution in [3.05, 3.63) is 41.7 Å². The predicted molar refractivity (Wildman–Crippen MR) is 77.7 cm³/mol. The molecule has 0 spiro atoms. The molecular weight excluding hydrogens is 234 g/mol. The van der Waals surface area contributed by atoms with Crippen LogP contribution in [0, 0.1) is 0 Å². The average Bonchev–Trinajstić information content (AvgIpc) is 3.06. The van der Waals surface area contributed by atoms with Crippen molar-refractivity contribution < 1.29 is 0 Å². The van der Waals surface area contributed by atoms with E-state index in [0.717, 1.165) is 19.6 Å². The van der Waals surface area contributed by atoms with Crippen LogP contribution in [0.2, 0.25) is 0 Å². The van der Waals surface area contributed by atoms with Crippen molar-refractivity contribution in [3.63, 3.8) is 0 Å². The molecule has 0 amide bonds. The van der Waals surface area contributed by atoms with Gasteiger partial charge < -0.3 is 5.32 Å². The molecule has 0 saturated carbocycles. The van der Waals surface area contributed by atoms with E-state index in [1.807, 2.05) is 6.20 Å². The number of aromatic nitrogens is 2. The van der Waals surface area contributed by atoms with Crippen molar-refractivity contribution in [2.75, 3.05) is 0 Å². The van der Waals surface area contributed by atoms with E-state index < -0.39 is 0 Å². The number of unbranched alkanes of at least 4 members (excludes halogenated alkanes) is 2. The van der Waals surface area contributed by atoms with E-state index in [4.69, 9.17) is 0 Å². The normalized spacial score (nSPS) is 13.7. The lowest BCUT2D eigenvalue weighted by atomic mass is 10.0. The Hall–Kier alpha value is -1.61. The van der Waals surface area contributed by atoms with Crippen LogP contribution in [0.15, 0.2) is 30.6 Å². The van der Waals surface area contributed by atoms with Gasteiger partial charge in [0.1, 0.15) is 0 Å². The lowest BCUT2D eigenvalue weighted by molar-refractivity contribution is 0.553. The smallest absolute Gasteiger partial charge is 0.0568 e. The van der Waals surface area contributed by atoms with Crippen LogP contribution in [0.25, 0.3) is 11.1 Å². The second-order valence-electron chi connectivity index (χ2n) is 5.29. The van der Waals surface area contributed by atoms with Crippen molar-refractivity contribution >= 4 is 0 Å². The number of aryl methyl sites for hydroxylation is 1. The molecular formula is C16H21N3. The Kier molecular flexibility index (Phi) is 3.65. The molecule has 2 heterocycles. The van der Waals surface area contributed by atoms with Gasteiger partial charge in [-0.05, 0) is 29.2 Å². The standard InChI is InChI=1S/C16H21N3/c1-2-3-4-7-19-12-16(11-18-19)13-5-6-14-9-17-10-15(14)8-13/h5-6,8,11-12,17H,2-4,7,9-10H2,1H3. The first-order valence-corrected chi connectivity index (χ1v) is 7.22. The van der Waals surface area contributed by atoms with Gasteiger partial charge in [-0.3, -0.25) is 4.68 Å². The third-order valence-corrected chi connectivity index (χ3v) is 3.79. The molecule has 19 heavy (non-hydrogen) atoms. The zero-order valence-corrected chi connectivity index (χ0v) is 11.5. The van der Waals surface area contributed by atoms with E-state index >= 15 is 0 Å². The van der Waals surface area contributed by atoms with Crippen molar-refractivity contribution in [2.45, 2.75) is 45.8 Å². The van der Waals surface area contributed by atoms with Gasteiger partial charge in [0.05, 0.1) is 6.20 Å². The zero-order valence-electron chi connectivity index (χ0n) is 11.5. The summed E-state index contributed by atoms with van der Waals surface area (Å²) in [4.78, 5) is 0. The number of nitrogens with one attached hydrogen (secondary N) is 1. The van der Waals surface area contributed by atoms with Crippen molar-refractivity contribution in [3.8, 4) is 11.1 Å². The quantitative estimate of drug-likeness (QED) is 0.830. The van der Waals surface area contributed by atoms with Gasteiger partial charge in [0, 0.05) is 31.4 Å². The maximum atomic E-state index is 4.46. The van der Waals surface area contributed by atoms with Crippen LogP contribution in [0.1, 0.15) is 37.3 Å². The summed E-state index contributed by atoms with van der Waals surface area (Å²) in [6, 6.07) is 6.74. The Bertz CT molecular complexity index is 557. The zero-order chi connectivity index (χ0) is 13.1. The number of hydrogen-bond donors (Lipinski definition) is 1. The van der Waals surface area contributed by atoms with Crippen LogP contribution < -0.4 is 5.32 Å². The molecule has 100 valence electrons. The molecule has 0 radical (unpaired) electrons. The van der Waals surface area contributed by atoms with Gasteiger partial charge in [-0.1, -0.05) is 31.9 Å². The second-order valence-corrected chi connectivity index (χ2v) is 5.29. The van der Waals surface area contributed by atoms with Gasteiger partial charge in [0.25, 0.3) is 0 Å². The lowest BCUT2D eigenvalue weighted by Gasteiger charge is -2.02. The summed E-state index contributed by atoms with van der Waals surface area (Å²) in [6.45, 7) is 5.26. The van der Waals surface area contributed by atoms with Crippen LogP contribution in [0.4, 0.5) is 0 Å². The van der Waals surface area contributed by atoms with Crippen molar-refractivity contribution in [2.24, 2.45) is 0 Å². The first-order valence-electron chi connectivity index (χ1n) is 7.22. The van der Waals surface area contributed by atoms with E-state index in [9.17, 15) is 0 Å². The molecule has 1 aromatic heterocycles. The molecule has 1 aliphatic heterocycles. The molecule has 0 unspecified atom stereocenters. The number of nitrogens with zero attached hydrogens (tertiary/aromatic N) is 2. The summed E-state index contributed by atoms with van der Waals surface area (Å²) in [7, 11) is 0. The van der Waals surface area contributed by atoms with Crippen molar-refractivity contribution in [1.82, 2.24) is 15.1 Å². The number of fused-ring (bicyclic) bond motifs is 1. The number of hydrogen-bond acceptors (Lipinski definition) is 2. The van der Waals surface area contributed by atoms with Crippen LogP contribution in [-0.2, 0) is 19.6 Å². The first kappa shape index (κ1) is 12.4. The van der Waals surface area contributed by atoms with Gasteiger partial charge in [0.2, 0.25) is 0 Å². The summed E-state index contributed by atoms with van der Waals surface area (Å²) >= 11 is 0. The molecule has 0 fully saturated rings. The third kappa shape index (κ3) is 2.71. The predicted octanol–water partition coefficient (Wildman–Crippen LogP) is 3.34. The minimum Gasteiger partial charge on any atom is -0.309 e. The third-order valence-electron chi connectivity index (χ3n) is 3.79. The molecule has 1 aliphatic rings. The molecule has 2 aromatic rings. The highest BCUT2D eigenvalue weighted by Crippen LogP contribution is 2.24. The van der Waals surface area contributed by atoms with E-state index in [1.165, 1.54) is 41.5 Å². The van der Waals surface area contributed by atoms with Gasteiger partial charge in [-0.15, -0.1) is 0 Å². The summed E-state index contributed by atoms with van der Waals surface area (Å²) in [5.41, 5.74) is 5.37. The van der Waals surface area contributed by atoms with E-state index in [1.54, 1.807) is 0 Å². The molecule has 3 heteroatoms. The Morgan fingerprint density at radius 1 is 1.16 bits per heavy atom. The highest BCUT2D eigenvalue weighted by molar-refractivity contribution is 5.63. The van der Waals surface area contributed by atoms with Gasteiger partial charge in [-0.2, -0.15) is 5.10 Å². The highest BCUT2D eigenvalue weighted by Gasteiger charge is 2.11. The molecule has 3 nitrogen and oxygen atoms in total. The fraction of sp³-hybridized carbons (Fsp3) is 0.438. The Labute approximate surface area is 114 Å². The maximum absolute atomic E-state index is 4.46. The maximum Gasteiger partial charge on any atom is 0.0568 e. The Morgan fingerprint density at radius 2 is 2.05 bits per heavy atom. The van der Waals surface area contributed by atoms with Gasteiger partial charge in [0.15, 0.2) is 0 Å². The lowest BCUT2D eigenvalue weighted by Crippen LogP contribution is -1.99. The second kappa shape index (κ2) is 5.57. The molecule has 3 rings (SSSR count). The highest BCUT2D eigenvalue weighted by atomic mass is 15.3. The van der Waals surface area contributed by atoms with Crippen molar-refractivity contribution in [1.29, 1.82) is 0 Å². The summed E-state index contributed by atoms with van der Waals surface area (Å²) in [5, 5.41) is 7.84. The summed E-state index contributed by atoms with van der Waals surface area (Å²) in [6.07, 6.45) is 7.90. The first-order chi connectivity index (χ1) is 9.36. The monoisotopic (exact) mass is 255 g/mol.